The van der Waals surface area contributed by atoms with Crippen molar-refractivity contribution in [1.82, 2.24) is 4.90 Å². The van der Waals surface area contributed by atoms with Gasteiger partial charge in [0, 0.05) is 30.8 Å². The molecule has 0 heterocycles. The fourth-order valence-corrected chi connectivity index (χ4v) is 2.04. The van der Waals surface area contributed by atoms with Gasteiger partial charge < -0.3 is 10.6 Å². The molecule has 0 aliphatic heterocycles. The number of nitro benzene ring substituents is 1. The number of carbonyl (C=O) groups excluding carboxylic acids is 1. The first-order valence-electron chi connectivity index (χ1n) is 6.39. The van der Waals surface area contributed by atoms with Crippen molar-refractivity contribution >= 4 is 24.0 Å². The van der Waals surface area contributed by atoms with Crippen LogP contribution in [-0.2, 0) is 0 Å². The van der Waals surface area contributed by atoms with Crippen LogP contribution in [0.3, 0.4) is 0 Å². The third-order valence-electron chi connectivity index (χ3n) is 3.30. The normalized spacial score (nSPS) is 10.7. The second kappa shape index (κ2) is 7.38. The lowest BCUT2D eigenvalue weighted by Gasteiger charge is -2.29. The summed E-state index contributed by atoms with van der Waals surface area (Å²) in [6.45, 7) is 6.48. The Morgan fingerprint density at radius 1 is 1.43 bits per heavy atom. The SMILES string of the molecule is Cc1c(C(=O)N(C)CC(C)(C)CN)cccc1[N+](=O)[O-].Cl. The van der Waals surface area contributed by atoms with Gasteiger partial charge in [0.15, 0.2) is 0 Å². The highest BCUT2D eigenvalue weighted by Gasteiger charge is 2.24. The van der Waals surface area contributed by atoms with Crippen LogP contribution in [0.5, 0.6) is 0 Å². The molecule has 21 heavy (non-hydrogen) atoms. The van der Waals surface area contributed by atoms with Gasteiger partial charge in [0.1, 0.15) is 0 Å². The van der Waals surface area contributed by atoms with Gasteiger partial charge in [-0.3, -0.25) is 14.9 Å². The summed E-state index contributed by atoms with van der Waals surface area (Å²) in [6, 6.07) is 4.53. The number of nitrogens with zero attached hydrogens (tertiary/aromatic N) is 2. The Morgan fingerprint density at radius 2 is 2.00 bits per heavy atom. The number of amides is 1. The molecule has 0 unspecified atom stereocenters. The monoisotopic (exact) mass is 315 g/mol. The van der Waals surface area contributed by atoms with E-state index < -0.39 is 4.92 Å². The molecule has 7 heteroatoms. The zero-order valence-electron chi connectivity index (χ0n) is 12.8. The fourth-order valence-electron chi connectivity index (χ4n) is 2.04. The minimum atomic E-state index is -0.476. The zero-order chi connectivity index (χ0) is 15.5. The molecule has 0 spiro atoms. The maximum atomic E-state index is 12.4. The molecule has 1 rings (SSSR count). The number of nitrogens with two attached hydrogens (primary N) is 1. The molecule has 0 aromatic heterocycles. The van der Waals surface area contributed by atoms with Gasteiger partial charge in [-0.2, -0.15) is 0 Å². The van der Waals surface area contributed by atoms with Gasteiger partial charge in [-0.1, -0.05) is 19.9 Å². The van der Waals surface area contributed by atoms with Gasteiger partial charge in [-0.05, 0) is 24.9 Å². The first-order valence-corrected chi connectivity index (χ1v) is 6.39. The quantitative estimate of drug-likeness (QED) is 0.667. The molecule has 1 aromatic rings. The lowest BCUT2D eigenvalue weighted by molar-refractivity contribution is -0.385. The number of halogens is 1. The van der Waals surface area contributed by atoms with Crippen LogP contribution in [0.15, 0.2) is 18.2 Å². The third kappa shape index (κ3) is 4.68. The molecule has 0 atom stereocenters. The van der Waals surface area contributed by atoms with E-state index in [-0.39, 0.29) is 29.4 Å². The van der Waals surface area contributed by atoms with Crippen LogP contribution in [-0.4, -0.2) is 35.9 Å². The summed E-state index contributed by atoms with van der Waals surface area (Å²) in [6.07, 6.45) is 0. The highest BCUT2D eigenvalue weighted by Crippen LogP contribution is 2.23. The van der Waals surface area contributed by atoms with Crippen molar-refractivity contribution in [2.45, 2.75) is 20.8 Å². The molecular weight excluding hydrogens is 294 g/mol. The molecule has 1 amide bonds. The predicted molar refractivity (Wildman–Crippen MR) is 84.9 cm³/mol. The number of carbonyl (C=O) groups is 1. The zero-order valence-corrected chi connectivity index (χ0v) is 13.6. The maximum absolute atomic E-state index is 12.4. The Bertz CT molecular complexity index is 532. The smallest absolute Gasteiger partial charge is 0.273 e. The Morgan fingerprint density at radius 3 is 2.48 bits per heavy atom. The summed E-state index contributed by atoms with van der Waals surface area (Å²) in [5.41, 5.74) is 6.17. The summed E-state index contributed by atoms with van der Waals surface area (Å²) >= 11 is 0. The van der Waals surface area contributed by atoms with Gasteiger partial charge in [0.2, 0.25) is 0 Å². The number of hydrogen-bond acceptors (Lipinski definition) is 4. The van der Waals surface area contributed by atoms with E-state index in [0.717, 1.165) is 0 Å². The van der Waals surface area contributed by atoms with Crippen LogP contribution >= 0.6 is 12.4 Å². The van der Waals surface area contributed by atoms with Crippen molar-refractivity contribution in [2.24, 2.45) is 11.1 Å². The molecule has 0 saturated carbocycles. The van der Waals surface area contributed by atoms with Gasteiger partial charge in [-0.15, -0.1) is 12.4 Å². The molecule has 118 valence electrons. The topological polar surface area (TPSA) is 89.5 Å². The van der Waals surface area contributed by atoms with Gasteiger partial charge >= 0.3 is 0 Å². The molecular formula is C14H22ClN3O3. The summed E-state index contributed by atoms with van der Waals surface area (Å²) in [5.74, 6) is -0.229. The van der Waals surface area contributed by atoms with E-state index in [1.807, 2.05) is 13.8 Å². The molecule has 1 aromatic carbocycles. The second-order valence-electron chi connectivity index (χ2n) is 5.74. The minimum Gasteiger partial charge on any atom is -0.341 e. The second-order valence-corrected chi connectivity index (χ2v) is 5.74. The highest BCUT2D eigenvalue weighted by molar-refractivity contribution is 5.96. The largest absolute Gasteiger partial charge is 0.341 e. The Hall–Kier alpha value is -1.66. The van der Waals surface area contributed by atoms with Gasteiger partial charge in [0.05, 0.1) is 4.92 Å². The van der Waals surface area contributed by atoms with Crippen molar-refractivity contribution < 1.29 is 9.72 Å². The van der Waals surface area contributed by atoms with Crippen molar-refractivity contribution in [3.8, 4) is 0 Å². The summed E-state index contributed by atoms with van der Waals surface area (Å²) in [5, 5.41) is 10.9. The average Bonchev–Trinajstić information content (AvgIpc) is 2.37. The lowest BCUT2D eigenvalue weighted by atomic mass is 9.93. The van der Waals surface area contributed by atoms with Crippen molar-refractivity contribution in [3.05, 3.63) is 39.4 Å². The minimum absolute atomic E-state index is 0. The van der Waals surface area contributed by atoms with Crippen LogP contribution in [0.2, 0.25) is 0 Å². The summed E-state index contributed by atoms with van der Waals surface area (Å²) < 4.78 is 0. The number of nitro groups is 1. The van der Waals surface area contributed by atoms with E-state index in [1.54, 1.807) is 24.9 Å². The Kier molecular flexibility index (Phi) is 6.79. The number of rotatable bonds is 5. The van der Waals surface area contributed by atoms with Crippen molar-refractivity contribution in [3.63, 3.8) is 0 Å². The molecule has 2 N–H and O–H groups in total. The summed E-state index contributed by atoms with van der Waals surface area (Å²) in [7, 11) is 1.68. The van der Waals surface area contributed by atoms with Crippen LogP contribution in [0.25, 0.3) is 0 Å². The number of hydrogen-bond donors (Lipinski definition) is 1. The van der Waals surface area contributed by atoms with Crippen molar-refractivity contribution in [2.75, 3.05) is 20.1 Å². The predicted octanol–water partition coefficient (Wildman–Crippen LogP) is 2.38. The molecule has 0 aliphatic rings. The third-order valence-corrected chi connectivity index (χ3v) is 3.30. The number of benzene rings is 1. The van der Waals surface area contributed by atoms with Gasteiger partial charge in [0.25, 0.3) is 11.6 Å². The van der Waals surface area contributed by atoms with E-state index in [9.17, 15) is 14.9 Å². The summed E-state index contributed by atoms with van der Waals surface area (Å²) in [4.78, 5) is 24.4. The molecule has 6 nitrogen and oxygen atoms in total. The standard InChI is InChI=1S/C14H21N3O3.ClH/c1-10-11(6-5-7-12(10)17(19)20)13(18)16(4)9-14(2,3)8-15;/h5-7H,8-9,15H2,1-4H3;1H. The van der Waals surface area contributed by atoms with E-state index in [2.05, 4.69) is 0 Å². The van der Waals surface area contributed by atoms with E-state index in [4.69, 9.17) is 5.73 Å². The first-order chi connectivity index (χ1) is 9.19. The van der Waals surface area contributed by atoms with E-state index in [1.165, 1.54) is 12.1 Å². The van der Waals surface area contributed by atoms with Crippen LogP contribution < -0.4 is 5.73 Å². The maximum Gasteiger partial charge on any atom is 0.273 e. The fraction of sp³-hybridized carbons (Fsp3) is 0.500. The Balaban J connectivity index is 0.00000400. The van der Waals surface area contributed by atoms with E-state index in [0.29, 0.717) is 24.2 Å². The van der Waals surface area contributed by atoms with Gasteiger partial charge in [-0.25, -0.2) is 0 Å². The lowest BCUT2D eigenvalue weighted by Crippen LogP contribution is -2.40. The molecule has 0 saturated heterocycles. The highest BCUT2D eigenvalue weighted by atomic mass is 35.5. The van der Waals surface area contributed by atoms with Crippen LogP contribution in [0, 0.1) is 22.5 Å². The first kappa shape index (κ1) is 19.3. The van der Waals surface area contributed by atoms with Crippen LogP contribution in [0.1, 0.15) is 29.8 Å². The molecule has 0 bridgehead atoms. The average molecular weight is 316 g/mol. The Labute approximate surface area is 130 Å². The van der Waals surface area contributed by atoms with Crippen LogP contribution in [0.4, 0.5) is 5.69 Å². The molecule has 0 fully saturated rings. The molecule has 0 aliphatic carbocycles. The van der Waals surface area contributed by atoms with E-state index >= 15 is 0 Å². The molecule has 0 radical (unpaired) electrons. The van der Waals surface area contributed by atoms with Crippen molar-refractivity contribution in [1.29, 1.82) is 0 Å².